The number of benzene rings is 1. The first-order valence-corrected chi connectivity index (χ1v) is 8.10. The summed E-state index contributed by atoms with van der Waals surface area (Å²) < 4.78 is 5.61. The van der Waals surface area contributed by atoms with Crippen molar-refractivity contribution in [2.45, 2.75) is 39.8 Å². The number of fused-ring (bicyclic) bond motifs is 1. The van der Waals surface area contributed by atoms with Gasteiger partial charge in [-0.25, -0.2) is 9.97 Å². The Bertz CT molecular complexity index is 712. The van der Waals surface area contributed by atoms with Crippen LogP contribution in [0.3, 0.4) is 0 Å². The summed E-state index contributed by atoms with van der Waals surface area (Å²) >= 11 is 12.1. The summed E-state index contributed by atoms with van der Waals surface area (Å²) in [6, 6.07) is 3.46. The Morgan fingerprint density at radius 3 is 2.43 bits per heavy atom. The molecule has 2 aromatic rings. The highest BCUT2D eigenvalue weighted by atomic mass is 35.5. The lowest BCUT2D eigenvalue weighted by molar-refractivity contribution is -0.137. The summed E-state index contributed by atoms with van der Waals surface area (Å²) in [5.41, 5.74) is 0.540. The van der Waals surface area contributed by atoms with E-state index in [9.17, 15) is 4.79 Å². The second-order valence-corrected chi connectivity index (χ2v) is 6.58. The molecular weight excluding hydrogens is 337 g/mol. The van der Waals surface area contributed by atoms with Gasteiger partial charge in [0.05, 0.1) is 15.9 Å². The molecule has 0 radical (unpaired) electrons. The van der Waals surface area contributed by atoms with Gasteiger partial charge in [0.25, 0.3) is 5.91 Å². The normalized spacial score (nSPS) is 11.3. The number of aromatic nitrogens is 2. The van der Waals surface area contributed by atoms with E-state index in [2.05, 4.69) is 9.97 Å². The second kappa shape index (κ2) is 7.32. The fourth-order valence-corrected chi connectivity index (χ4v) is 3.10. The molecule has 0 bridgehead atoms. The van der Waals surface area contributed by atoms with Crippen molar-refractivity contribution in [2.24, 2.45) is 0 Å². The summed E-state index contributed by atoms with van der Waals surface area (Å²) in [5.74, 6) is 0.190. The molecule has 5 nitrogen and oxygen atoms in total. The van der Waals surface area contributed by atoms with Crippen LogP contribution in [0.2, 0.25) is 10.0 Å². The van der Waals surface area contributed by atoms with Crippen LogP contribution in [0.4, 0.5) is 0 Å². The molecule has 0 atom stereocenters. The summed E-state index contributed by atoms with van der Waals surface area (Å²) in [7, 11) is 0. The van der Waals surface area contributed by atoms with Gasteiger partial charge >= 0.3 is 0 Å². The standard InChI is InChI=1S/C16H19Cl2N3O2/c1-9(2)21(10(3)4)14(22)7-23-16-12-5-11(17)6-13(18)15(12)19-8-20-16/h5-6,8-10H,7H2,1-4H3. The van der Waals surface area contributed by atoms with Crippen LogP contribution in [0.15, 0.2) is 18.5 Å². The minimum atomic E-state index is -0.105. The van der Waals surface area contributed by atoms with Gasteiger partial charge in [0, 0.05) is 17.1 Å². The highest BCUT2D eigenvalue weighted by Gasteiger charge is 2.21. The molecule has 1 aromatic heterocycles. The number of nitrogens with zero attached hydrogens (tertiary/aromatic N) is 3. The van der Waals surface area contributed by atoms with Crippen LogP contribution < -0.4 is 4.74 Å². The molecule has 0 fully saturated rings. The molecule has 0 saturated heterocycles. The molecular formula is C16H19Cl2N3O2. The lowest BCUT2D eigenvalue weighted by Crippen LogP contribution is -2.44. The molecule has 0 aliphatic carbocycles. The Kier molecular flexibility index (Phi) is 5.65. The Hall–Kier alpha value is -1.59. The zero-order valence-electron chi connectivity index (χ0n) is 13.5. The van der Waals surface area contributed by atoms with Gasteiger partial charge in [0.1, 0.15) is 6.33 Å². The van der Waals surface area contributed by atoms with Crippen molar-refractivity contribution >= 4 is 40.0 Å². The lowest BCUT2D eigenvalue weighted by atomic mass is 10.2. The fraction of sp³-hybridized carbons (Fsp3) is 0.438. The van der Waals surface area contributed by atoms with E-state index in [-0.39, 0.29) is 24.6 Å². The monoisotopic (exact) mass is 355 g/mol. The molecule has 23 heavy (non-hydrogen) atoms. The van der Waals surface area contributed by atoms with Gasteiger partial charge in [-0.1, -0.05) is 23.2 Å². The average Bonchev–Trinajstić information content (AvgIpc) is 2.44. The Morgan fingerprint density at radius 1 is 1.17 bits per heavy atom. The molecule has 0 unspecified atom stereocenters. The molecule has 7 heteroatoms. The van der Waals surface area contributed by atoms with Gasteiger partial charge in [-0.05, 0) is 39.8 Å². The largest absolute Gasteiger partial charge is 0.467 e. The van der Waals surface area contributed by atoms with E-state index in [1.54, 1.807) is 17.0 Å². The fourth-order valence-electron chi connectivity index (χ4n) is 2.56. The first kappa shape index (κ1) is 17.8. The lowest BCUT2D eigenvalue weighted by Gasteiger charge is -2.30. The van der Waals surface area contributed by atoms with Crippen LogP contribution in [-0.2, 0) is 4.79 Å². The van der Waals surface area contributed by atoms with Crippen molar-refractivity contribution < 1.29 is 9.53 Å². The Morgan fingerprint density at radius 2 is 1.83 bits per heavy atom. The van der Waals surface area contributed by atoms with Crippen molar-refractivity contribution in [3.05, 3.63) is 28.5 Å². The molecule has 0 saturated carbocycles. The summed E-state index contributed by atoms with van der Waals surface area (Å²) in [5, 5.41) is 1.45. The second-order valence-electron chi connectivity index (χ2n) is 5.74. The van der Waals surface area contributed by atoms with Crippen LogP contribution in [0.5, 0.6) is 5.88 Å². The van der Waals surface area contributed by atoms with Gasteiger partial charge in [-0.3, -0.25) is 4.79 Å². The van der Waals surface area contributed by atoms with E-state index < -0.39 is 0 Å². The number of amides is 1. The molecule has 2 rings (SSSR count). The number of rotatable bonds is 5. The highest BCUT2D eigenvalue weighted by Crippen LogP contribution is 2.30. The Balaban J connectivity index is 2.24. The number of carbonyl (C=O) groups excluding carboxylic acids is 1. The number of hydrogen-bond acceptors (Lipinski definition) is 4. The van der Waals surface area contributed by atoms with E-state index in [1.165, 1.54) is 6.33 Å². The smallest absolute Gasteiger partial charge is 0.261 e. The molecule has 1 amide bonds. The van der Waals surface area contributed by atoms with E-state index in [4.69, 9.17) is 27.9 Å². The zero-order valence-corrected chi connectivity index (χ0v) is 15.0. The van der Waals surface area contributed by atoms with E-state index in [0.29, 0.717) is 26.8 Å². The van der Waals surface area contributed by atoms with E-state index in [0.717, 1.165) is 0 Å². The maximum atomic E-state index is 12.4. The topological polar surface area (TPSA) is 55.3 Å². The third-order valence-electron chi connectivity index (χ3n) is 3.35. The quantitative estimate of drug-likeness (QED) is 0.814. The van der Waals surface area contributed by atoms with Gasteiger partial charge in [-0.15, -0.1) is 0 Å². The van der Waals surface area contributed by atoms with Crippen molar-refractivity contribution in [3.63, 3.8) is 0 Å². The minimum absolute atomic E-state index is 0.0946. The van der Waals surface area contributed by atoms with Crippen LogP contribution in [0.25, 0.3) is 10.9 Å². The SMILES string of the molecule is CC(C)N(C(=O)COc1ncnc2c(Cl)cc(Cl)cc12)C(C)C. The van der Waals surface area contributed by atoms with Gasteiger partial charge < -0.3 is 9.64 Å². The van der Waals surface area contributed by atoms with E-state index in [1.807, 2.05) is 27.7 Å². The summed E-state index contributed by atoms with van der Waals surface area (Å²) in [4.78, 5) is 22.4. The summed E-state index contributed by atoms with van der Waals surface area (Å²) in [6.07, 6.45) is 1.35. The first-order chi connectivity index (χ1) is 10.8. The maximum absolute atomic E-state index is 12.4. The van der Waals surface area contributed by atoms with Crippen LogP contribution >= 0.6 is 23.2 Å². The van der Waals surface area contributed by atoms with Gasteiger partial charge in [0.2, 0.25) is 5.88 Å². The maximum Gasteiger partial charge on any atom is 0.261 e. The van der Waals surface area contributed by atoms with Crippen molar-refractivity contribution in [1.82, 2.24) is 14.9 Å². The van der Waals surface area contributed by atoms with Crippen molar-refractivity contribution in [3.8, 4) is 5.88 Å². The highest BCUT2D eigenvalue weighted by molar-refractivity contribution is 6.38. The van der Waals surface area contributed by atoms with Crippen LogP contribution in [0, 0.1) is 0 Å². The minimum Gasteiger partial charge on any atom is -0.467 e. The number of ether oxygens (including phenoxy) is 1. The zero-order chi connectivity index (χ0) is 17.1. The number of carbonyl (C=O) groups is 1. The molecule has 1 heterocycles. The van der Waals surface area contributed by atoms with E-state index >= 15 is 0 Å². The molecule has 0 aliphatic heterocycles. The molecule has 1 aromatic carbocycles. The van der Waals surface area contributed by atoms with Crippen molar-refractivity contribution in [2.75, 3.05) is 6.61 Å². The number of hydrogen-bond donors (Lipinski definition) is 0. The predicted molar refractivity (Wildman–Crippen MR) is 92.2 cm³/mol. The first-order valence-electron chi connectivity index (χ1n) is 7.35. The summed E-state index contributed by atoms with van der Waals surface area (Å²) in [6.45, 7) is 7.77. The average molecular weight is 356 g/mol. The van der Waals surface area contributed by atoms with Crippen LogP contribution in [0.1, 0.15) is 27.7 Å². The Labute approximate surface area is 145 Å². The molecule has 0 aliphatic rings. The predicted octanol–water partition coefficient (Wildman–Crippen LogP) is 3.96. The van der Waals surface area contributed by atoms with Gasteiger partial charge in [0.15, 0.2) is 6.61 Å². The number of halogens is 2. The third-order valence-corrected chi connectivity index (χ3v) is 3.86. The molecule has 124 valence electrons. The van der Waals surface area contributed by atoms with Crippen LogP contribution in [-0.4, -0.2) is 39.5 Å². The molecule has 0 N–H and O–H groups in total. The van der Waals surface area contributed by atoms with Crippen molar-refractivity contribution in [1.29, 1.82) is 0 Å². The molecule has 0 spiro atoms. The van der Waals surface area contributed by atoms with Gasteiger partial charge in [-0.2, -0.15) is 0 Å². The third kappa shape index (κ3) is 4.03.